The number of carbonyl (C=O) groups is 1. The summed E-state index contributed by atoms with van der Waals surface area (Å²) in [5, 5.41) is 0. The molecular weight excluding hydrogens is 576 g/mol. The number of nitrogens with one attached hydrogen (secondary N) is 1. The Morgan fingerprint density at radius 2 is 1.73 bits per heavy atom. The maximum absolute atomic E-state index is 13.6. The standard InChI is InChI=1S/C34H42N4O5S/c1-21(2)42-33(39)38-14-12-34(13-15-38)19-26(20-34)28-16-24(5)43-30-18-29(31-22(3)8-6-9-23(31)4)35-32(36-30)37-44(40,41)27-11-7-10-25(28)17-27/h6-11,17-18,21,24,26,28H,12-16,19-20H2,1-5H3,(H,35,36,37)/t24-,28?/m1/s1. The minimum atomic E-state index is -3.95. The first-order valence-corrected chi connectivity index (χ1v) is 17.1. The van der Waals surface area contributed by atoms with Crippen LogP contribution in [0.5, 0.6) is 5.88 Å². The zero-order valence-electron chi connectivity index (χ0n) is 26.2. The number of piperidine rings is 1. The first-order chi connectivity index (χ1) is 20.9. The topological polar surface area (TPSA) is 111 Å². The average molecular weight is 619 g/mol. The summed E-state index contributed by atoms with van der Waals surface area (Å²) >= 11 is 0. The molecule has 2 atom stereocenters. The van der Waals surface area contributed by atoms with Gasteiger partial charge in [0.25, 0.3) is 10.0 Å². The van der Waals surface area contributed by atoms with E-state index in [4.69, 9.17) is 9.47 Å². The van der Waals surface area contributed by atoms with E-state index in [9.17, 15) is 13.2 Å². The molecule has 2 aromatic carbocycles. The lowest BCUT2D eigenvalue weighted by atomic mass is 9.53. The summed E-state index contributed by atoms with van der Waals surface area (Å²) in [6.45, 7) is 11.2. The fourth-order valence-electron chi connectivity index (χ4n) is 7.37. The van der Waals surface area contributed by atoms with Crippen molar-refractivity contribution in [2.75, 3.05) is 17.8 Å². The van der Waals surface area contributed by atoms with Gasteiger partial charge in [0.2, 0.25) is 11.8 Å². The fourth-order valence-corrected chi connectivity index (χ4v) is 8.37. The minimum absolute atomic E-state index is 0.0144. The van der Waals surface area contributed by atoms with Gasteiger partial charge in [-0.2, -0.15) is 4.98 Å². The van der Waals surface area contributed by atoms with Gasteiger partial charge in [-0.3, -0.25) is 0 Å². The molecule has 10 heteroatoms. The van der Waals surface area contributed by atoms with Crippen molar-refractivity contribution in [3.63, 3.8) is 0 Å². The van der Waals surface area contributed by atoms with E-state index in [0.29, 0.717) is 30.6 Å². The number of anilines is 1. The SMILES string of the molecule is Cc1cccc(C)c1-c1cc2nc(n1)NS(=O)(=O)c1cccc(c1)C(C1CC3(CCN(C(=O)OC(C)C)CC3)C1)C[C@@H](C)O2. The maximum atomic E-state index is 13.6. The van der Waals surface area contributed by atoms with Crippen LogP contribution in [0, 0.1) is 25.2 Å². The van der Waals surface area contributed by atoms with Crippen LogP contribution in [0.2, 0.25) is 0 Å². The van der Waals surface area contributed by atoms with Crippen LogP contribution >= 0.6 is 0 Å². The van der Waals surface area contributed by atoms with E-state index in [-0.39, 0.29) is 40.5 Å². The summed E-state index contributed by atoms with van der Waals surface area (Å²) in [6.07, 6.45) is 4.20. The molecule has 3 aliphatic rings. The normalized spacial score (nSPS) is 23.9. The highest BCUT2D eigenvalue weighted by Crippen LogP contribution is 2.58. The van der Waals surface area contributed by atoms with Crippen molar-refractivity contribution >= 4 is 22.1 Å². The lowest BCUT2D eigenvalue weighted by Crippen LogP contribution is -2.50. The lowest BCUT2D eigenvalue weighted by Gasteiger charge is -2.54. The quantitative estimate of drug-likeness (QED) is 0.342. The van der Waals surface area contributed by atoms with E-state index in [0.717, 1.165) is 54.4 Å². The molecule has 4 bridgehead atoms. The van der Waals surface area contributed by atoms with Crippen molar-refractivity contribution in [2.45, 2.75) is 89.7 Å². The monoisotopic (exact) mass is 618 g/mol. The van der Waals surface area contributed by atoms with Gasteiger partial charge < -0.3 is 14.4 Å². The third kappa shape index (κ3) is 6.14. The van der Waals surface area contributed by atoms with Crippen molar-refractivity contribution in [2.24, 2.45) is 11.3 Å². The van der Waals surface area contributed by atoms with Crippen LogP contribution in [0.4, 0.5) is 10.7 Å². The Bertz CT molecular complexity index is 1640. The molecule has 2 aliphatic heterocycles. The Hall–Kier alpha value is -3.66. The number of amides is 1. The molecule has 1 spiro atoms. The number of likely N-dealkylation sites (tertiary alicyclic amines) is 1. The molecule has 234 valence electrons. The molecule has 1 aliphatic carbocycles. The van der Waals surface area contributed by atoms with Crippen molar-refractivity contribution < 1.29 is 22.7 Å². The predicted molar refractivity (Wildman–Crippen MR) is 169 cm³/mol. The molecule has 2 fully saturated rings. The van der Waals surface area contributed by atoms with Gasteiger partial charge in [-0.1, -0.05) is 30.3 Å². The Morgan fingerprint density at radius 1 is 1.05 bits per heavy atom. The number of hydrogen-bond acceptors (Lipinski definition) is 7. The van der Waals surface area contributed by atoms with Crippen LogP contribution in [-0.4, -0.2) is 54.7 Å². The van der Waals surface area contributed by atoms with Crippen LogP contribution in [-0.2, 0) is 14.8 Å². The molecule has 1 N–H and O–H groups in total. The molecule has 1 saturated heterocycles. The average Bonchev–Trinajstić information content (AvgIpc) is 2.94. The van der Waals surface area contributed by atoms with Crippen molar-refractivity contribution in [3.05, 3.63) is 65.2 Å². The molecule has 1 saturated carbocycles. The summed E-state index contributed by atoms with van der Waals surface area (Å²) in [7, 11) is -3.95. The number of aryl methyl sites for hydroxylation is 2. The summed E-state index contributed by atoms with van der Waals surface area (Å²) in [6, 6.07) is 15.1. The Morgan fingerprint density at radius 3 is 2.41 bits per heavy atom. The second-order valence-electron chi connectivity index (χ2n) is 13.2. The van der Waals surface area contributed by atoms with Crippen molar-refractivity contribution in [1.82, 2.24) is 14.9 Å². The Kier molecular flexibility index (Phi) is 8.07. The van der Waals surface area contributed by atoms with E-state index in [1.165, 1.54) is 0 Å². The number of hydrogen-bond donors (Lipinski definition) is 1. The van der Waals surface area contributed by atoms with Gasteiger partial charge >= 0.3 is 6.09 Å². The number of carbonyl (C=O) groups excluding carboxylic acids is 1. The number of benzene rings is 2. The van der Waals surface area contributed by atoms with Gasteiger partial charge in [0.1, 0.15) is 0 Å². The van der Waals surface area contributed by atoms with Crippen LogP contribution in [0.25, 0.3) is 11.3 Å². The van der Waals surface area contributed by atoms with Crippen molar-refractivity contribution in [3.8, 4) is 17.1 Å². The smallest absolute Gasteiger partial charge is 0.410 e. The summed E-state index contributed by atoms with van der Waals surface area (Å²) in [5.41, 5.74) is 4.83. The number of nitrogens with zero attached hydrogens (tertiary/aromatic N) is 3. The van der Waals surface area contributed by atoms with Gasteiger partial charge in [-0.15, -0.1) is 0 Å². The molecule has 3 aromatic rings. The van der Waals surface area contributed by atoms with Crippen molar-refractivity contribution in [1.29, 1.82) is 0 Å². The first kappa shape index (κ1) is 30.4. The molecule has 0 radical (unpaired) electrons. The van der Waals surface area contributed by atoms with Gasteiger partial charge in [-0.25, -0.2) is 22.9 Å². The molecule has 6 rings (SSSR count). The van der Waals surface area contributed by atoms with E-state index in [1.54, 1.807) is 18.2 Å². The minimum Gasteiger partial charge on any atom is -0.474 e. The van der Waals surface area contributed by atoms with Crippen LogP contribution < -0.4 is 9.46 Å². The zero-order valence-corrected chi connectivity index (χ0v) is 27.0. The summed E-state index contributed by atoms with van der Waals surface area (Å²) in [5.74, 6) is 0.833. The van der Waals surface area contributed by atoms with Gasteiger partial charge in [-0.05, 0) is 113 Å². The number of aromatic nitrogens is 2. The van der Waals surface area contributed by atoms with Gasteiger partial charge in [0, 0.05) is 24.7 Å². The van der Waals surface area contributed by atoms with Crippen LogP contribution in [0.3, 0.4) is 0 Å². The highest BCUT2D eigenvalue weighted by molar-refractivity contribution is 7.92. The maximum Gasteiger partial charge on any atom is 0.410 e. The summed E-state index contributed by atoms with van der Waals surface area (Å²) < 4.78 is 41.7. The highest BCUT2D eigenvalue weighted by atomic mass is 32.2. The van der Waals surface area contributed by atoms with Gasteiger partial charge in [0.05, 0.1) is 22.8 Å². The third-order valence-electron chi connectivity index (χ3n) is 9.55. The molecule has 1 unspecified atom stereocenters. The fraction of sp³-hybridized carbons (Fsp3) is 0.500. The largest absolute Gasteiger partial charge is 0.474 e. The zero-order chi connectivity index (χ0) is 31.2. The second kappa shape index (κ2) is 11.7. The molecule has 1 amide bonds. The van der Waals surface area contributed by atoms with E-state index in [2.05, 4.69) is 21.6 Å². The number of ether oxygens (including phenoxy) is 2. The lowest BCUT2D eigenvalue weighted by molar-refractivity contribution is -0.0300. The van der Waals surface area contributed by atoms with E-state index >= 15 is 0 Å². The first-order valence-electron chi connectivity index (χ1n) is 15.6. The third-order valence-corrected chi connectivity index (χ3v) is 10.9. The second-order valence-corrected chi connectivity index (χ2v) is 14.9. The molecule has 3 heterocycles. The van der Waals surface area contributed by atoms with Crippen LogP contribution in [0.15, 0.2) is 53.4 Å². The molecule has 9 nitrogen and oxygen atoms in total. The highest BCUT2D eigenvalue weighted by Gasteiger charge is 2.49. The summed E-state index contributed by atoms with van der Waals surface area (Å²) in [4.78, 5) is 23.6. The molecule has 44 heavy (non-hydrogen) atoms. The number of rotatable bonds is 3. The molecular formula is C34H42N4O5S. The van der Waals surface area contributed by atoms with E-state index < -0.39 is 10.0 Å². The Labute approximate surface area is 260 Å². The predicted octanol–water partition coefficient (Wildman–Crippen LogP) is 6.85. The molecule has 1 aromatic heterocycles. The van der Waals surface area contributed by atoms with E-state index in [1.807, 2.05) is 62.9 Å². The number of fused-ring (bicyclic) bond motifs is 4. The van der Waals surface area contributed by atoms with Gasteiger partial charge in [0.15, 0.2) is 0 Å². The Balaban J connectivity index is 1.27. The number of sulfonamides is 1. The van der Waals surface area contributed by atoms with Crippen LogP contribution in [0.1, 0.15) is 75.5 Å².